The molecule has 31 heavy (non-hydrogen) atoms. The lowest BCUT2D eigenvalue weighted by Gasteiger charge is -2.39. The summed E-state index contributed by atoms with van der Waals surface area (Å²) in [4.78, 5) is 0. The lowest BCUT2D eigenvalue weighted by molar-refractivity contribution is -0.277. The van der Waals surface area contributed by atoms with Gasteiger partial charge in [0.1, 0.15) is 41.5 Å². The number of rotatable bonds is 7. The van der Waals surface area contributed by atoms with E-state index in [9.17, 15) is 20.4 Å². The van der Waals surface area contributed by atoms with Crippen LogP contribution in [0.25, 0.3) is 11.0 Å². The summed E-state index contributed by atoms with van der Waals surface area (Å²) in [5.74, 6) is 1.22. The SMILES string of the molecule is COc1ccc(CCc2coc3cccc(O[C@@H]4O[C@H](CO)[C@@H](O)[C@H](O)[C@H]4O)c23)cc1. The molecule has 0 spiro atoms. The van der Waals surface area contributed by atoms with Crippen molar-refractivity contribution < 1.29 is 39.1 Å². The molecule has 3 aromatic rings. The average molecular weight is 430 g/mol. The Morgan fingerprint density at radius 3 is 2.42 bits per heavy atom. The van der Waals surface area contributed by atoms with E-state index < -0.39 is 37.3 Å². The van der Waals surface area contributed by atoms with Crippen molar-refractivity contribution in [3.05, 3.63) is 59.9 Å². The van der Waals surface area contributed by atoms with Crippen molar-refractivity contribution in [3.8, 4) is 11.5 Å². The van der Waals surface area contributed by atoms with Gasteiger partial charge in [-0.3, -0.25) is 0 Å². The zero-order valence-electron chi connectivity index (χ0n) is 17.0. The van der Waals surface area contributed by atoms with Gasteiger partial charge in [-0.2, -0.15) is 0 Å². The highest BCUT2D eigenvalue weighted by Crippen LogP contribution is 2.34. The number of aliphatic hydroxyl groups is 4. The van der Waals surface area contributed by atoms with Gasteiger partial charge in [-0.15, -0.1) is 0 Å². The summed E-state index contributed by atoms with van der Waals surface area (Å²) in [7, 11) is 1.63. The second-order valence-electron chi connectivity index (χ2n) is 7.55. The highest BCUT2D eigenvalue weighted by molar-refractivity contribution is 5.87. The van der Waals surface area contributed by atoms with E-state index in [1.165, 1.54) is 0 Å². The molecule has 166 valence electrons. The lowest BCUT2D eigenvalue weighted by atomic mass is 9.99. The lowest BCUT2D eigenvalue weighted by Crippen LogP contribution is -2.60. The molecule has 0 amide bonds. The first-order valence-corrected chi connectivity index (χ1v) is 10.1. The average Bonchev–Trinajstić information content (AvgIpc) is 3.22. The van der Waals surface area contributed by atoms with Crippen molar-refractivity contribution in [1.82, 2.24) is 0 Å². The molecule has 1 aliphatic heterocycles. The molecular formula is C23H26O8. The third-order valence-electron chi connectivity index (χ3n) is 5.57. The van der Waals surface area contributed by atoms with Crippen LogP contribution in [0.1, 0.15) is 11.1 Å². The number of aliphatic hydroxyl groups excluding tert-OH is 4. The maximum atomic E-state index is 10.3. The second-order valence-corrected chi connectivity index (χ2v) is 7.55. The van der Waals surface area contributed by atoms with E-state index in [2.05, 4.69) is 0 Å². The summed E-state index contributed by atoms with van der Waals surface area (Å²) in [5, 5.41) is 40.4. The molecule has 0 unspecified atom stereocenters. The minimum absolute atomic E-state index is 0.417. The highest BCUT2D eigenvalue weighted by atomic mass is 16.7. The second kappa shape index (κ2) is 9.25. The van der Waals surface area contributed by atoms with Crippen LogP contribution in [0.15, 0.2) is 53.1 Å². The molecule has 4 rings (SSSR count). The normalized spacial score (nSPS) is 26.2. The van der Waals surface area contributed by atoms with Gasteiger partial charge >= 0.3 is 0 Å². The first-order chi connectivity index (χ1) is 15.0. The number of methoxy groups -OCH3 is 1. The van der Waals surface area contributed by atoms with E-state index >= 15 is 0 Å². The van der Waals surface area contributed by atoms with Gasteiger partial charge < -0.3 is 39.1 Å². The van der Waals surface area contributed by atoms with E-state index in [0.29, 0.717) is 17.8 Å². The Bertz CT molecular complexity index is 996. The molecule has 0 bridgehead atoms. The van der Waals surface area contributed by atoms with Crippen LogP contribution in [0.2, 0.25) is 0 Å². The van der Waals surface area contributed by atoms with Crippen molar-refractivity contribution in [1.29, 1.82) is 0 Å². The van der Waals surface area contributed by atoms with Crippen LogP contribution in [0.5, 0.6) is 11.5 Å². The number of fused-ring (bicyclic) bond motifs is 1. The van der Waals surface area contributed by atoms with E-state index in [0.717, 1.165) is 28.7 Å². The Labute approximate surface area is 179 Å². The summed E-state index contributed by atoms with van der Waals surface area (Å²) in [6.07, 6.45) is -3.59. The minimum Gasteiger partial charge on any atom is -0.497 e. The fourth-order valence-corrected chi connectivity index (χ4v) is 3.76. The molecule has 0 aliphatic carbocycles. The standard InChI is InChI=1S/C23H26O8/c1-28-15-9-6-13(7-10-15)5-8-14-12-29-16-3-2-4-17(19(14)16)30-23-22(27)21(26)20(25)18(11-24)31-23/h2-4,6-7,9-10,12,18,20-27H,5,8,11H2,1H3/t18-,20-,21+,22-,23-/m1/s1. The number of aryl methyl sites for hydroxylation is 2. The van der Waals surface area contributed by atoms with E-state index in [-0.39, 0.29) is 0 Å². The van der Waals surface area contributed by atoms with Crippen molar-refractivity contribution in [3.63, 3.8) is 0 Å². The molecule has 2 aromatic carbocycles. The van der Waals surface area contributed by atoms with Gasteiger partial charge in [0, 0.05) is 5.56 Å². The Kier molecular flexibility index (Phi) is 6.45. The van der Waals surface area contributed by atoms with Gasteiger partial charge in [-0.25, -0.2) is 0 Å². The maximum Gasteiger partial charge on any atom is 0.229 e. The molecule has 8 nitrogen and oxygen atoms in total. The fraction of sp³-hybridized carbons (Fsp3) is 0.391. The molecule has 5 atom stereocenters. The Hall–Kier alpha value is -2.62. The summed E-state index contributed by atoms with van der Waals surface area (Å²) in [6.45, 7) is -0.520. The van der Waals surface area contributed by atoms with Crippen molar-refractivity contribution in [2.24, 2.45) is 0 Å². The molecule has 0 radical (unpaired) electrons. The fourth-order valence-electron chi connectivity index (χ4n) is 3.76. The van der Waals surface area contributed by atoms with Gasteiger partial charge in [0.15, 0.2) is 0 Å². The Morgan fingerprint density at radius 1 is 0.935 bits per heavy atom. The van der Waals surface area contributed by atoms with E-state index in [4.69, 9.17) is 18.6 Å². The van der Waals surface area contributed by atoms with Crippen molar-refractivity contribution in [2.45, 2.75) is 43.5 Å². The van der Waals surface area contributed by atoms with Crippen molar-refractivity contribution >= 4 is 11.0 Å². The predicted octanol–water partition coefficient (Wildman–Crippen LogP) is 1.41. The first-order valence-electron chi connectivity index (χ1n) is 10.1. The third-order valence-corrected chi connectivity index (χ3v) is 5.57. The molecule has 1 saturated heterocycles. The highest BCUT2D eigenvalue weighted by Gasteiger charge is 2.44. The maximum absolute atomic E-state index is 10.3. The zero-order valence-corrected chi connectivity index (χ0v) is 17.0. The monoisotopic (exact) mass is 430 g/mol. The van der Waals surface area contributed by atoms with Gasteiger partial charge in [0.05, 0.1) is 25.4 Å². The Balaban J connectivity index is 1.55. The van der Waals surface area contributed by atoms with Crippen LogP contribution >= 0.6 is 0 Å². The number of ether oxygens (including phenoxy) is 3. The molecular weight excluding hydrogens is 404 g/mol. The number of hydrogen-bond donors (Lipinski definition) is 4. The minimum atomic E-state index is -1.51. The van der Waals surface area contributed by atoms with Crippen LogP contribution < -0.4 is 9.47 Å². The molecule has 2 heterocycles. The first kappa shape index (κ1) is 21.6. The topological polar surface area (TPSA) is 122 Å². The Morgan fingerprint density at radius 2 is 1.71 bits per heavy atom. The van der Waals surface area contributed by atoms with Crippen LogP contribution in [-0.2, 0) is 17.6 Å². The zero-order chi connectivity index (χ0) is 22.0. The van der Waals surface area contributed by atoms with Gasteiger partial charge in [0.25, 0.3) is 0 Å². The molecule has 8 heteroatoms. The number of benzene rings is 2. The van der Waals surface area contributed by atoms with E-state index in [1.807, 2.05) is 30.3 Å². The summed E-state index contributed by atoms with van der Waals surface area (Å²) in [5.41, 5.74) is 2.68. The van der Waals surface area contributed by atoms with Crippen LogP contribution in [0, 0.1) is 0 Å². The van der Waals surface area contributed by atoms with Crippen molar-refractivity contribution in [2.75, 3.05) is 13.7 Å². The molecule has 1 fully saturated rings. The number of furan rings is 1. The van der Waals surface area contributed by atoms with Gasteiger partial charge in [-0.05, 0) is 42.7 Å². The summed E-state index contributed by atoms with van der Waals surface area (Å²) < 4.78 is 22.2. The van der Waals surface area contributed by atoms with Crippen LogP contribution in [0.3, 0.4) is 0 Å². The molecule has 1 aliphatic rings. The predicted molar refractivity (Wildman–Crippen MR) is 111 cm³/mol. The quantitative estimate of drug-likeness (QED) is 0.444. The summed E-state index contributed by atoms with van der Waals surface area (Å²) >= 11 is 0. The smallest absolute Gasteiger partial charge is 0.229 e. The summed E-state index contributed by atoms with van der Waals surface area (Å²) in [6, 6.07) is 13.1. The van der Waals surface area contributed by atoms with Crippen LogP contribution in [-0.4, -0.2) is 64.8 Å². The third kappa shape index (κ3) is 4.39. The molecule has 1 aromatic heterocycles. The number of hydrogen-bond acceptors (Lipinski definition) is 8. The van der Waals surface area contributed by atoms with Gasteiger partial charge in [-0.1, -0.05) is 18.2 Å². The van der Waals surface area contributed by atoms with Gasteiger partial charge in [0.2, 0.25) is 6.29 Å². The molecule has 0 saturated carbocycles. The van der Waals surface area contributed by atoms with Crippen LogP contribution in [0.4, 0.5) is 0 Å². The molecule has 4 N–H and O–H groups in total. The van der Waals surface area contributed by atoms with E-state index in [1.54, 1.807) is 25.5 Å². The largest absolute Gasteiger partial charge is 0.497 e.